The van der Waals surface area contributed by atoms with Crippen molar-refractivity contribution in [3.63, 3.8) is 0 Å². The SMILES string of the molecule is CC(C)OC(=O)C(C)(C)Oc1ccc(C(=O)c2nc(Cl)c3ccccc3n2)cc1. The second-order valence-corrected chi connectivity index (χ2v) is 7.63. The van der Waals surface area contributed by atoms with Crippen LogP contribution in [0.15, 0.2) is 48.5 Å². The van der Waals surface area contributed by atoms with Crippen LogP contribution in [-0.4, -0.2) is 33.4 Å². The van der Waals surface area contributed by atoms with E-state index < -0.39 is 11.6 Å². The van der Waals surface area contributed by atoms with Gasteiger partial charge in [-0.25, -0.2) is 14.8 Å². The van der Waals surface area contributed by atoms with E-state index in [0.29, 0.717) is 22.2 Å². The van der Waals surface area contributed by atoms with Crippen molar-refractivity contribution in [2.45, 2.75) is 39.4 Å². The lowest BCUT2D eigenvalue weighted by molar-refractivity contribution is -0.163. The number of rotatable bonds is 6. The van der Waals surface area contributed by atoms with Crippen molar-refractivity contribution in [1.29, 1.82) is 0 Å². The third-order valence-electron chi connectivity index (χ3n) is 4.08. The van der Waals surface area contributed by atoms with Crippen LogP contribution in [0.2, 0.25) is 5.15 Å². The normalized spacial score (nSPS) is 11.5. The van der Waals surface area contributed by atoms with Crippen molar-refractivity contribution in [1.82, 2.24) is 9.97 Å². The summed E-state index contributed by atoms with van der Waals surface area (Å²) >= 11 is 6.19. The summed E-state index contributed by atoms with van der Waals surface area (Å²) in [5, 5.41) is 0.911. The van der Waals surface area contributed by atoms with Crippen LogP contribution in [0.25, 0.3) is 10.9 Å². The molecule has 0 aliphatic carbocycles. The topological polar surface area (TPSA) is 78.4 Å². The summed E-state index contributed by atoms with van der Waals surface area (Å²) in [6.45, 7) is 6.80. The molecule has 7 heteroatoms. The highest BCUT2D eigenvalue weighted by atomic mass is 35.5. The molecule has 0 unspecified atom stereocenters. The predicted octanol–water partition coefficient (Wildman–Crippen LogP) is 4.62. The highest BCUT2D eigenvalue weighted by Crippen LogP contribution is 2.23. The smallest absolute Gasteiger partial charge is 0.350 e. The van der Waals surface area contributed by atoms with Gasteiger partial charge in [0.25, 0.3) is 0 Å². The van der Waals surface area contributed by atoms with Crippen LogP contribution in [0.3, 0.4) is 0 Å². The van der Waals surface area contributed by atoms with Gasteiger partial charge >= 0.3 is 5.97 Å². The number of carbonyl (C=O) groups excluding carboxylic acids is 2. The van der Waals surface area contributed by atoms with E-state index in [1.807, 2.05) is 12.1 Å². The van der Waals surface area contributed by atoms with E-state index in [0.717, 1.165) is 0 Å². The monoisotopic (exact) mass is 412 g/mol. The quantitative estimate of drug-likeness (QED) is 0.334. The molecule has 0 atom stereocenters. The average molecular weight is 413 g/mol. The molecule has 150 valence electrons. The highest BCUT2D eigenvalue weighted by molar-refractivity contribution is 6.34. The van der Waals surface area contributed by atoms with Crippen LogP contribution in [0.5, 0.6) is 5.75 Å². The lowest BCUT2D eigenvalue weighted by atomic mass is 10.1. The van der Waals surface area contributed by atoms with Crippen molar-refractivity contribution >= 4 is 34.3 Å². The van der Waals surface area contributed by atoms with E-state index in [2.05, 4.69) is 9.97 Å². The first-order valence-corrected chi connectivity index (χ1v) is 9.52. The fourth-order valence-electron chi connectivity index (χ4n) is 2.64. The van der Waals surface area contributed by atoms with Gasteiger partial charge in [0.1, 0.15) is 10.9 Å². The summed E-state index contributed by atoms with van der Waals surface area (Å²) in [6, 6.07) is 13.6. The van der Waals surface area contributed by atoms with Gasteiger partial charge in [0.05, 0.1) is 11.6 Å². The number of benzene rings is 2. The van der Waals surface area contributed by atoms with E-state index in [4.69, 9.17) is 21.1 Å². The van der Waals surface area contributed by atoms with Crippen molar-refractivity contribution in [2.75, 3.05) is 0 Å². The Kier molecular flexibility index (Phi) is 5.84. The minimum Gasteiger partial charge on any atom is -0.476 e. The summed E-state index contributed by atoms with van der Waals surface area (Å²) < 4.78 is 10.9. The van der Waals surface area contributed by atoms with Crippen molar-refractivity contribution in [2.24, 2.45) is 0 Å². The molecule has 0 aliphatic rings. The molecular formula is C22H21ClN2O4. The van der Waals surface area contributed by atoms with Gasteiger partial charge in [-0.3, -0.25) is 4.79 Å². The van der Waals surface area contributed by atoms with E-state index >= 15 is 0 Å². The number of carbonyl (C=O) groups is 2. The zero-order valence-electron chi connectivity index (χ0n) is 16.6. The number of aromatic nitrogens is 2. The molecule has 3 rings (SSSR count). The van der Waals surface area contributed by atoms with Gasteiger partial charge in [0, 0.05) is 10.9 Å². The zero-order chi connectivity index (χ0) is 21.2. The molecule has 1 heterocycles. The van der Waals surface area contributed by atoms with Gasteiger partial charge in [-0.05, 0) is 64.1 Å². The molecule has 29 heavy (non-hydrogen) atoms. The van der Waals surface area contributed by atoms with Crippen molar-refractivity contribution in [3.8, 4) is 5.75 Å². The van der Waals surface area contributed by atoms with Crippen LogP contribution in [0.4, 0.5) is 0 Å². The lowest BCUT2D eigenvalue weighted by Gasteiger charge is -2.25. The Morgan fingerprint density at radius 2 is 1.66 bits per heavy atom. The zero-order valence-corrected chi connectivity index (χ0v) is 17.4. The van der Waals surface area contributed by atoms with Gasteiger partial charge in [-0.15, -0.1) is 0 Å². The lowest BCUT2D eigenvalue weighted by Crippen LogP contribution is -2.40. The van der Waals surface area contributed by atoms with Gasteiger partial charge in [-0.2, -0.15) is 0 Å². The molecule has 2 aromatic carbocycles. The van der Waals surface area contributed by atoms with Crippen LogP contribution in [0, 0.1) is 0 Å². The van der Waals surface area contributed by atoms with Gasteiger partial charge in [0.2, 0.25) is 11.6 Å². The van der Waals surface area contributed by atoms with Crippen LogP contribution in [0.1, 0.15) is 43.9 Å². The molecule has 0 spiro atoms. The van der Waals surface area contributed by atoms with Crippen LogP contribution in [-0.2, 0) is 9.53 Å². The Morgan fingerprint density at radius 1 is 1.00 bits per heavy atom. The molecule has 0 bridgehead atoms. The third kappa shape index (κ3) is 4.71. The summed E-state index contributed by atoms with van der Waals surface area (Å²) in [4.78, 5) is 33.3. The maximum Gasteiger partial charge on any atom is 0.350 e. The molecule has 0 radical (unpaired) electrons. The van der Waals surface area contributed by atoms with E-state index in [1.165, 1.54) is 0 Å². The Hall–Kier alpha value is -2.99. The Balaban J connectivity index is 1.80. The Morgan fingerprint density at radius 3 is 2.31 bits per heavy atom. The number of halogens is 1. The van der Waals surface area contributed by atoms with Crippen LogP contribution >= 0.6 is 11.6 Å². The number of nitrogens with zero attached hydrogens (tertiary/aromatic N) is 2. The number of hydrogen-bond acceptors (Lipinski definition) is 6. The average Bonchev–Trinajstić information content (AvgIpc) is 2.67. The number of hydrogen-bond donors (Lipinski definition) is 0. The minimum atomic E-state index is -1.16. The first-order chi connectivity index (χ1) is 13.7. The first kappa shape index (κ1) is 20.7. The predicted molar refractivity (Wildman–Crippen MR) is 110 cm³/mol. The minimum absolute atomic E-state index is 0.0169. The fraction of sp³-hybridized carbons (Fsp3) is 0.273. The number of para-hydroxylation sites is 1. The summed E-state index contributed by atoms with van der Waals surface area (Å²) in [6.07, 6.45) is -0.237. The maximum absolute atomic E-state index is 12.8. The molecule has 0 amide bonds. The molecule has 3 aromatic rings. The van der Waals surface area contributed by atoms with Gasteiger partial charge < -0.3 is 9.47 Å². The van der Waals surface area contributed by atoms with E-state index in [9.17, 15) is 9.59 Å². The third-order valence-corrected chi connectivity index (χ3v) is 4.37. The summed E-state index contributed by atoms with van der Waals surface area (Å²) in [7, 11) is 0. The molecule has 0 aliphatic heterocycles. The molecule has 0 saturated heterocycles. The van der Waals surface area contributed by atoms with Gasteiger partial charge in [-0.1, -0.05) is 23.7 Å². The number of ketones is 1. The van der Waals surface area contributed by atoms with E-state index in [1.54, 1.807) is 64.1 Å². The van der Waals surface area contributed by atoms with Crippen LogP contribution < -0.4 is 4.74 Å². The Labute approximate surface area is 173 Å². The molecule has 1 aromatic heterocycles. The second kappa shape index (κ2) is 8.17. The number of esters is 1. The highest BCUT2D eigenvalue weighted by Gasteiger charge is 2.32. The van der Waals surface area contributed by atoms with E-state index in [-0.39, 0.29) is 22.9 Å². The maximum atomic E-state index is 12.8. The summed E-state index contributed by atoms with van der Waals surface area (Å²) in [5.74, 6) is -0.373. The second-order valence-electron chi connectivity index (χ2n) is 7.28. The Bertz CT molecular complexity index is 1060. The first-order valence-electron chi connectivity index (χ1n) is 9.14. The largest absolute Gasteiger partial charge is 0.476 e. The molecule has 6 nitrogen and oxygen atoms in total. The van der Waals surface area contributed by atoms with Crippen molar-refractivity contribution < 1.29 is 19.1 Å². The molecular weight excluding hydrogens is 392 g/mol. The standard InChI is InChI=1S/C22H21ClN2O4/c1-13(2)28-21(27)22(3,4)29-15-11-9-14(10-12-15)18(26)20-24-17-8-6-5-7-16(17)19(23)25-20/h5-13H,1-4H3. The van der Waals surface area contributed by atoms with Gasteiger partial charge in [0.15, 0.2) is 5.60 Å². The molecule has 0 fully saturated rings. The summed E-state index contributed by atoms with van der Waals surface area (Å²) in [5.41, 5.74) is -0.183. The van der Waals surface area contributed by atoms with Crippen molar-refractivity contribution in [3.05, 3.63) is 65.1 Å². The number of ether oxygens (including phenoxy) is 2. The fourth-order valence-corrected chi connectivity index (χ4v) is 2.88. The molecule has 0 N–H and O–H groups in total. The number of fused-ring (bicyclic) bond motifs is 1. The molecule has 0 saturated carbocycles.